The lowest BCUT2D eigenvalue weighted by Crippen LogP contribution is -2.55. The molecule has 2 aliphatic rings. The third-order valence-corrected chi connectivity index (χ3v) is 9.38. The standard InChI is InChI=1S/C27H43N3O4S/c1-2-3-4-5-6-12-21-35(33,34)30-19-17-23(18-20-30)27(32)29-25-16-11-10-15-24(25)28-26(31)22-13-8-7-9-14-22/h7-9,13-14,23-25H,2-6,10-12,15-21H2,1H3,(H,28,31)(H,29,32)/t24-,25?/m1/s1. The molecule has 8 heteroatoms. The fraction of sp³-hybridized carbons (Fsp3) is 0.704. The topological polar surface area (TPSA) is 95.6 Å². The van der Waals surface area contributed by atoms with Gasteiger partial charge in [0.05, 0.1) is 5.75 Å². The van der Waals surface area contributed by atoms with Crippen LogP contribution in [0, 0.1) is 5.92 Å². The van der Waals surface area contributed by atoms with Gasteiger partial charge < -0.3 is 10.6 Å². The fourth-order valence-corrected chi connectivity index (χ4v) is 6.80. The second-order valence-electron chi connectivity index (χ2n) is 10.1. The maximum Gasteiger partial charge on any atom is 0.251 e. The minimum absolute atomic E-state index is 0.0103. The van der Waals surface area contributed by atoms with Gasteiger partial charge in [0.1, 0.15) is 0 Å². The Morgan fingerprint density at radius 2 is 1.46 bits per heavy atom. The number of nitrogens with one attached hydrogen (secondary N) is 2. The summed E-state index contributed by atoms with van der Waals surface area (Å²) in [5.74, 6) is -0.0896. The second-order valence-corrected chi connectivity index (χ2v) is 12.2. The molecule has 0 aromatic heterocycles. The average molecular weight is 506 g/mol. The number of benzene rings is 1. The lowest BCUT2D eigenvalue weighted by molar-refractivity contribution is -0.127. The zero-order valence-electron chi connectivity index (χ0n) is 21.2. The van der Waals surface area contributed by atoms with Gasteiger partial charge in [0.25, 0.3) is 5.91 Å². The highest BCUT2D eigenvalue weighted by Gasteiger charge is 2.34. The number of carbonyl (C=O) groups is 2. The van der Waals surface area contributed by atoms with Crippen LogP contribution in [0.2, 0.25) is 0 Å². The fourth-order valence-electron chi connectivity index (χ4n) is 5.21. The van der Waals surface area contributed by atoms with E-state index in [2.05, 4.69) is 17.6 Å². The van der Waals surface area contributed by atoms with Crippen LogP contribution in [0.3, 0.4) is 0 Å². The van der Waals surface area contributed by atoms with Crippen molar-refractivity contribution < 1.29 is 18.0 Å². The predicted octanol–water partition coefficient (Wildman–Crippen LogP) is 4.25. The summed E-state index contributed by atoms with van der Waals surface area (Å²) in [6.45, 7) is 3.00. The average Bonchev–Trinajstić information content (AvgIpc) is 2.88. The summed E-state index contributed by atoms with van der Waals surface area (Å²) >= 11 is 0. The molecular formula is C27H43N3O4S. The number of nitrogens with zero attached hydrogens (tertiary/aromatic N) is 1. The van der Waals surface area contributed by atoms with Gasteiger partial charge in [0.15, 0.2) is 0 Å². The van der Waals surface area contributed by atoms with Crippen molar-refractivity contribution in [2.45, 2.75) is 96.1 Å². The van der Waals surface area contributed by atoms with E-state index in [4.69, 9.17) is 0 Å². The monoisotopic (exact) mass is 505 g/mol. The van der Waals surface area contributed by atoms with Gasteiger partial charge in [0, 0.05) is 36.7 Å². The molecule has 1 heterocycles. The summed E-state index contributed by atoms with van der Waals surface area (Å²) < 4.78 is 27.0. The summed E-state index contributed by atoms with van der Waals surface area (Å²) in [5.41, 5.74) is 0.623. The summed E-state index contributed by atoms with van der Waals surface area (Å²) in [6, 6.07) is 8.98. The molecule has 2 amide bonds. The van der Waals surface area contributed by atoms with Crippen molar-refractivity contribution in [3.63, 3.8) is 0 Å². The molecule has 1 aliphatic carbocycles. The SMILES string of the molecule is CCCCCCCCS(=O)(=O)N1CCC(C(=O)NC2CCCC[C@H]2NC(=O)c2ccccc2)CC1. The third-order valence-electron chi connectivity index (χ3n) is 7.42. The predicted molar refractivity (Wildman–Crippen MR) is 140 cm³/mol. The van der Waals surface area contributed by atoms with Gasteiger partial charge in [-0.25, -0.2) is 12.7 Å². The van der Waals surface area contributed by atoms with Crippen molar-refractivity contribution in [3.05, 3.63) is 35.9 Å². The molecule has 2 N–H and O–H groups in total. The number of sulfonamides is 1. The van der Waals surface area contributed by atoms with E-state index in [9.17, 15) is 18.0 Å². The van der Waals surface area contributed by atoms with Crippen LogP contribution in [0.15, 0.2) is 30.3 Å². The first-order valence-corrected chi connectivity index (χ1v) is 15.2. The minimum atomic E-state index is -3.25. The Labute approximate surface area is 211 Å². The largest absolute Gasteiger partial charge is 0.351 e. The molecule has 1 aromatic rings. The van der Waals surface area contributed by atoms with E-state index in [-0.39, 0.29) is 35.6 Å². The second kappa shape index (κ2) is 14.0. The number of piperidine rings is 1. The Bertz CT molecular complexity index is 898. The lowest BCUT2D eigenvalue weighted by Gasteiger charge is -2.35. The molecule has 0 bridgehead atoms. The van der Waals surface area contributed by atoms with Crippen LogP contribution in [-0.4, -0.2) is 55.5 Å². The van der Waals surface area contributed by atoms with E-state index in [1.54, 1.807) is 16.4 Å². The molecule has 1 saturated heterocycles. The van der Waals surface area contributed by atoms with Gasteiger partial charge in [-0.2, -0.15) is 0 Å². The van der Waals surface area contributed by atoms with Crippen molar-refractivity contribution in [2.75, 3.05) is 18.8 Å². The first-order chi connectivity index (χ1) is 16.9. The van der Waals surface area contributed by atoms with Crippen LogP contribution in [0.4, 0.5) is 0 Å². The Hall–Kier alpha value is -1.93. The number of rotatable bonds is 12. The van der Waals surface area contributed by atoms with Gasteiger partial charge in [0.2, 0.25) is 15.9 Å². The third kappa shape index (κ3) is 8.60. The van der Waals surface area contributed by atoms with Gasteiger partial charge in [-0.15, -0.1) is 0 Å². The molecule has 1 aromatic carbocycles. The number of hydrogen-bond acceptors (Lipinski definition) is 4. The van der Waals surface area contributed by atoms with E-state index >= 15 is 0 Å². The number of carbonyl (C=O) groups excluding carboxylic acids is 2. The maximum absolute atomic E-state index is 13.0. The van der Waals surface area contributed by atoms with E-state index in [1.165, 1.54) is 19.3 Å². The van der Waals surface area contributed by atoms with Gasteiger partial charge >= 0.3 is 0 Å². The molecule has 2 fully saturated rings. The Kier molecular flexibility index (Phi) is 11.0. The van der Waals surface area contributed by atoms with Crippen LogP contribution in [0.1, 0.15) is 94.3 Å². The van der Waals surface area contributed by atoms with Crippen molar-refractivity contribution in [1.29, 1.82) is 0 Å². The van der Waals surface area contributed by atoms with E-state index in [1.807, 2.05) is 18.2 Å². The molecule has 7 nitrogen and oxygen atoms in total. The highest BCUT2D eigenvalue weighted by Crippen LogP contribution is 2.24. The lowest BCUT2D eigenvalue weighted by atomic mass is 9.88. The summed E-state index contributed by atoms with van der Waals surface area (Å²) in [4.78, 5) is 25.7. The van der Waals surface area contributed by atoms with Crippen molar-refractivity contribution in [2.24, 2.45) is 5.92 Å². The summed E-state index contributed by atoms with van der Waals surface area (Å²) in [6.07, 6.45) is 11.2. The zero-order chi connectivity index (χ0) is 25.1. The Morgan fingerprint density at radius 1 is 0.857 bits per heavy atom. The van der Waals surface area contributed by atoms with Crippen LogP contribution < -0.4 is 10.6 Å². The molecule has 1 unspecified atom stereocenters. The molecule has 196 valence electrons. The molecule has 3 rings (SSSR count). The normalized spacial score (nSPS) is 22.0. The van der Waals surface area contributed by atoms with Gasteiger partial charge in [-0.3, -0.25) is 9.59 Å². The smallest absolute Gasteiger partial charge is 0.251 e. The van der Waals surface area contributed by atoms with Crippen molar-refractivity contribution in [3.8, 4) is 0 Å². The first-order valence-electron chi connectivity index (χ1n) is 13.5. The van der Waals surface area contributed by atoms with Crippen LogP contribution in [0.5, 0.6) is 0 Å². The molecule has 35 heavy (non-hydrogen) atoms. The van der Waals surface area contributed by atoms with E-state index < -0.39 is 10.0 Å². The molecular weight excluding hydrogens is 462 g/mol. The maximum atomic E-state index is 13.0. The summed E-state index contributed by atoms with van der Waals surface area (Å²) in [7, 11) is -3.25. The first kappa shape index (κ1) is 27.7. The van der Waals surface area contributed by atoms with Crippen molar-refractivity contribution in [1.82, 2.24) is 14.9 Å². The van der Waals surface area contributed by atoms with E-state index in [0.29, 0.717) is 37.9 Å². The molecule has 0 spiro atoms. The number of hydrogen-bond donors (Lipinski definition) is 2. The molecule has 2 atom stereocenters. The minimum Gasteiger partial charge on any atom is -0.351 e. The molecule has 0 radical (unpaired) electrons. The van der Waals surface area contributed by atoms with Crippen LogP contribution >= 0.6 is 0 Å². The Balaban J connectivity index is 1.44. The van der Waals surface area contributed by atoms with Crippen LogP contribution in [0.25, 0.3) is 0 Å². The van der Waals surface area contributed by atoms with Gasteiger partial charge in [-0.1, -0.05) is 70.1 Å². The Morgan fingerprint density at radius 3 is 2.11 bits per heavy atom. The molecule has 1 aliphatic heterocycles. The summed E-state index contributed by atoms with van der Waals surface area (Å²) in [5, 5.41) is 6.30. The quantitative estimate of drug-likeness (QED) is 0.415. The zero-order valence-corrected chi connectivity index (χ0v) is 22.0. The number of unbranched alkanes of at least 4 members (excludes halogenated alkanes) is 5. The number of amides is 2. The van der Waals surface area contributed by atoms with Crippen LogP contribution in [-0.2, 0) is 14.8 Å². The molecule has 1 saturated carbocycles. The highest BCUT2D eigenvalue weighted by atomic mass is 32.2. The van der Waals surface area contributed by atoms with Crippen molar-refractivity contribution >= 4 is 21.8 Å². The van der Waals surface area contributed by atoms with Gasteiger partial charge in [-0.05, 0) is 44.2 Å². The highest BCUT2D eigenvalue weighted by molar-refractivity contribution is 7.89. The van der Waals surface area contributed by atoms with E-state index in [0.717, 1.165) is 38.5 Å².